The number of nitrogens with one attached hydrogen (secondary N) is 1. The Bertz CT molecular complexity index is 654. The van der Waals surface area contributed by atoms with Crippen molar-refractivity contribution in [2.24, 2.45) is 5.92 Å². The molecule has 3 rings (SSSR count). The van der Waals surface area contributed by atoms with Crippen LogP contribution in [0.1, 0.15) is 23.2 Å². The molecule has 1 aliphatic rings. The highest BCUT2D eigenvalue weighted by atomic mass is 19.4. The van der Waals surface area contributed by atoms with Crippen LogP contribution in [-0.4, -0.2) is 35.1 Å². The number of benzene rings is 1. The summed E-state index contributed by atoms with van der Waals surface area (Å²) in [5.41, 5.74) is 1.25. The predicted octanol–water partition coefficient (Wildman–Crippen LogP) is 3.58. The Morgan fingerprint density at radius 1 is 1.19 bits per heavy atom. The zero-order valence-corrected chi connectivity index (χ0v) is 11.3. The third kappa shape index (κ3) is 2.62. The summed E-state index contributed by atoms with van der Waals surface area (Å²) in [6, 6.07) is 7.24. The summed E-state index contributed by atoms with van der Waals surface area (Å²) in [4.78, 5) is 17.0. The van der Waals surface area contributed by atoms with Gasteiger partial charge in [-0.25, -0.2) is 0 Å². The molecule has 21 heavy (non-hydrogen) atoms. The van der Waals surface area contributed by atoms with Gasteiger partial charge in [-0.1, -0.05) is 12.1 Å². The van der Waals surface area contributed by atoms with Crippen LogP contribution >= 0.6 is 0 Å². The first kappa shape index (κ1) is 14.0. The molecule has 1 aliphatic heterocycles. The summed E-state index contributed by atoms with van der Waals surface area (Å²) in [5.74, 6) is -1.49. The van der Waals surface area contributed by atoms with Crippen molar-refractivity contribution in [3.05, 3.63) is 36.0 Å². The van der Waals surface area contributed by atoms with Crippen molar-refractivity contribution in [2.75, 3.05) is 13.1 Å². The molecule has 0 atom stereocenters. The van der Waals surface area contributed by atoms with E-state index in [0.717, 1.165) is 10.9 Å². The minimum absolute atomic E-state index is 0.0179. The first-order valence-electron chi connectivity index (χ1n) is 6.89. The van der Waals surface area contributed by atoms with Crippen molar-refractivity contribution in [1.82, 2.24) is 9.88 Å². The number of carbonyl (C=O) groups excluding carboxylic acids is 1. The molecule has 0 bridgehead atoms. The second kappa shape index (κ2) is 5.09. The average Bonchev–Trinajstić information content (AvgIpc) is 2.94. The van der Waals surface area contributed by atoms with E-state index in [1.165, 1.54) is 4.90 Å². The maximum absolute atomic E-state index is 12.7. The molecule has 3 nitrogen and oxygen atoms in total. The van der Waals surface area contributed by atoms with Crippen molar-refractivity contribution >= 4 is 16.8 Å². The maximum atomic E-state index is 12.7. The predicted molar refractivity (Wildman–Crippen MR) is 73.0 cm³/mol. The van der Waals surface area contributed by atoms with Gasteiger partial charge in [0, 0.05) is 24.7 Å². The van der Waals surface area contributed by atoms with Gasteiger partial charge in [0.25, 0.3) is 5.91 Å². The number of nitrogens with zero attached hydrogens (tertiary/aromatic N) is 1. The number of para-hydroxylation sites is 1. The van der Waals surface area contributed by atoms with Crippen LogP contribution < -0.4 is 0 Å². The van der Waals surface area contributed by atoms with Crippen molar-refractivity contribution < 1.29 is 18.0 Å². The molecule has 0 spiro atoms. The van der Waals surface area contributed by atoms with E-state index < -0.39 is 12.1 Å². The molecule has 0 unspecified atom stereocenters. The van der Waals surface area contributed by atoms with Crippen LogP contribution in [0.2, 0.25) is 0 Å². The first-order valence-corrected chi connectivity index (χ1v) is 6.89. The molecule has 2 aromatic rings. The molecule has 0 aliphatic carbocycles. The molecule has 1 fully saturated rings. The molecule has 112 valence electrons. The topological polar surface area (TPSA) is 36.1 Å². The number of hydrogen-bond donors (Lipinski definition) is 1. The van der Waals surface area contributed by atoms with E-state index in [1.807, 2.05) is 12.1 Å². The zero-order chi connectivity index (χ0) is 15.0. The SMILES string of the molecule is O=C(c1cccc2cc[nH]c12)N1CCC(C(F)(F)F)CC1. The number of alkyl halides is 3. The average molecular weight is 296 g/mol. The van der Waals surface area contributed by atoms with Gasteiger partial charge in [0.2, 0.25) is 0 Å². The second-order valence-electron chi connectivity index (χ2n) is 5.36. The number of amides is 1. The Balaban J connectivity index is 1.77. The van der Waals surface area contributed by atoms with Gasteiger partial charge in [0.1, 0.15) is 0 Å². The molecule has 6 heteroatoms. The number of rotatable bonds is 1. The number of carbonyl (C=O) groups is 1. The summed E-state index contributed by atoms with van der Waals surface area (Å²) in [7, 11) is 0. The Labute approximate surface area is 119 Å². The Morgan fingerprint density at radius 2 is 1.90 bits per heavy atom. The van der Waals surface area contributed by atoms with Crippen LogP contribution in [0.25, 0.3) is 10.9 Å². The molecular formula is C15H15F3N2O. The van der Waals surface area contributed by atoms with E-state index in [1.54, 1.807) is 18.3 Å². The molecule has 1 aromatic carbocycles. The number of halogens is 3. The summed E-state index contributed by atoms with van der Waals surface area (Å²) < 4.78 is 38.0. The number of hydrogen-bond acceptors (Lipinski definition) is 1. The van der Waals surface area contributed by atoms with Crippen molar-refractivity contribution in [1.29, 1.82) is 0 Å². The molecule has 1 amide bonds. The number of fused-ring (bicyclic) bond motifs is 1. The lowest BCUT2D eigenvalue weighted by molar-refractivity contribution is -0.183. The van der Waals surface area contributed by atoms with E-state index in [-0.39, 0.29) is 31.8 Å². The quantitative estimate of drug-likeness (QED) is 0.858. The standard InChI is InChI=1S/C15H15F3N2O/c16-15(17,18)11-5-8-20(9-6-11)14(21)12-3-1-2-10-4-7-19-13(10)12/h1-4,7,11,19H,5-6,8-9H2. The van der Waals surface area contributed by atoms with Gasteiger partial charge in [-0.3, -0.25) is 4.79 Å². The lowest BCUT2D eigenvalue weighted by Gasteiger charge is -2.33. The number of aromatic amines is 1. The summed E-state index contributed by atoms with van der Waals surface area (Å²) >= 11 is 0. The Kier molecular flexibility index (Phi) is 3.39. The first-order chi connectivity index (χ1) is 9.97. The van der Waals surface area contributed by atoms with Crippen LogP contribution in [0.4, 0.5) is 13.2 Å². The Morgan fingerprint density at radius 3 is 2.57 bits per heavy atom. The van der Waals surface area contributed by atoms with Gasteiger partial charge < -0.3 is 9.88 Å². The van der Waals surface area contributed by atoms with E-state index >= 15 is 0 Å². The van der Waals surface area contributed by atoms with E-state index in [9.17, 15) is 18.0 Å². The number of piperidine rings is 1. The maximum Gasteiger partial charge on any atom is 0.391 e. The highest BCUT2D eigenvalue weighted by molar-refractivity contribution is 6.05. The highest BCUT2D eigenvalue weighted by Gasteiger charge is 2.41. The monoisotopic (exact) mass is 296 g/mol. The Hall–Kier alpha value is -1.98. The molecule has 2 heterocycles. The van der Waals surface area contributed by atoms with Gasteiger partial charge in [0.15, 0.2) is 0 Å². The minimum Gasteiger partial charge on any atom is -0.361 e. The van der Waals surface area contributed by atoms with Crippen molar-refractivity contribution in [3.8, 4) is 0 Å². The van der Waals surface area contributed by atoms with E-state index in [2.05, 4.69) is 4.98 Å². The fraction of sp³-hybridized carbons (Fsp3) is 0.400. The molecule has 1 N–H and O–H groups in total. The van der Waals surface area contributed by atoms with Crippen LogP contribution in [-0.2, 0) is 0 Å². The third-order valence-electron chi connectivity index (χ3n) is 4.06. The van der Waals surface area contributed by atoms with Crippen LogP contribution in [0.3, 0.4) is 0 Å². The van der Waals surface area contributed by atoms with Gasteiger partial charge in [-0.15, -0.1) is 0 Å². The van der Waals surface area contributed by atoms with E-state index in [0.29, 0.717) is 5.56 Å². The summed E-state index contributed by atoms with van der Waals surface area (Å²) in [5, 5.41) is 0.922. The van der Waals surface area contributed by atoms with Gasteiger partial charge in [0.05, 0.1) is 17.0 Å². The smallest absolute Gasteiger partial charge is 0.361 e. The number of H-pyrrole nitrogens is 1. The molecule has 1 saturated heterocycles. The molecule has 0 radical (unpaired) electrons. The zero-order valence-electron chi connectivity index (χ0n) is 11.3. The molecule has 0 saturated carbocycles. The number of likely N-dealkylation sites (tertiary alicyclic amines) is 1. The van der Waals surface area contributed by atoms with Gasteiger partial charge >= 0.3 is 6.18 Å². The molecule has 1 aromatic heterocycles. The highest BCUT2D eigenvalue weighted by Crippen LogP contribution is 2.34. The third-order valence-corrected chi connectivity index (χ3v) is 4.06. The lowest BCUT2D eigenvalue weighted by Crippen LogP contribution is -2.42. The fourth-order valence-electron chi connectivity index (χ4n) is 2.84. The fourth-order valence-corrected chi connectivity index (χ4v) is 2.84. The van der Waals surface area contributed by atoms with Crippen molar-refractivity contribution in [2.45, 2.75) is 19.0 Å². The lowest BCUT2D eigenvalue weighted by atomic mass is 9.95. The summed E-state index contributed by atoms with van der Waals surface area (Å²) in [6.07, 6.45) is -2.45. The minimum atomic E-state index is -4.16. The molecular weight excluding hydrogens is 281 g/mol. The second-order valence-corrected chi connectivity index (χ2v) is 5.36. The van der Waals surface area contributed by atoms with Crippen LogP contribution in [0, 0.1) is 5.92 Å². The van der Waals surface area contributed by atoms with E-state index in [4.69, 9.17) is 0 Å². The summed E-state index contributed by atoms with van der Waals surface area (Å²) in [6.45, 7) is 0.306. The van der Waals surface area contributed by atoms with Gasteiger partial charge in [-0.2, -0.15) is 13.2 Å². The van der Waals surface area contributed by atoms with Crippen LogP contribution in [0.15, 0.2) is 30.5 Å². The normalized spacial score (nSPS) is 17.4. The largest absolute Gasteiger partial charge is 0.391 e. The number of aromatic nitrogens is 1. The van der Waals surface area contributed by atoms with Gasteiger partial charge in [-0.05, 0) is 25.0 Å². The van der Waals surface area contributed by atoms with Crippen LogP contribution in [0.5, 0.6) is 0 Å². The van der Waals surface area contributed by atoms with Crippen molar-refractivity contribution in [3.63, 3.8) is 0 Å².